The fourth-order valence-corrected chi connectivity index (χ4v) is 3.40. The minimum absolute atomic E-state index is 0.432. The monoisotopic (exact) mass is 375 g/mol. The van der Waals surface area contributed by atoms with Crippen LogP contribution in [-0.4, -0.2) is 27.3 Å². The molecule has 0 unspecified atom stereocenters. The van der Waals surface area contributed by atoms with Crippen molar-refractivity contribution in [2.45, 2.75) is 19.9 Å². The highest BCUT2D eigenvalue weighted by molar-refractivity contribution is 5.95. The number of allylic oxidation sites excluding steroid dienone is 1. The molecule has 3 aromatic rings. The van der Waals surface area contributed by atoms with Gasteiger partial charge in [-0.25, -0.2) is 4.68 Å². The number of carbonyl (C=O) groups excluding carboxylic acids is 1. The Morgan fingerprint density at radius 1 is 1.18 bits per heavy atom. The van der Waals surface area contributed by atoms with Crippen molar-refractivity contribution in [1.82, 2.24) is 14.8 Å². The Balaban J connectivity index is 1.79. The van der Waals surface area contributed by atoms with Crippen LogP contribution in [0.5, 0.6) is 5.75 Å². The first-order valence-corrected chi connectivity index (χ1v) is 9.10. The van der Waals surface area contributed by atoms with E-state index in [0.29, 0.717) is 29.6 Å². The Kier molecular flexibility index (Phi) is 4.57. The lowest BCUT2D eigenvalue weighted by molar-refractivity contribution is -0.115. The topological polar surface area (TPSA) is 95.1 Å². The van der Waals surface area contributed by atoms with Crippen LogP contribution < -0.4 is 15.8 Å². The molecular formula is C21H21N5O2. The number of ether oxygens (including phenoxy) is 1. The van der Waals surface area contributed by atoms with Gasteiger partial charge >= 0.3 is 0 Å². The van der Waals surface area contributed by atoms with Gasteiger partial charge in [0.05, 0.1) is 12.2 Å². The second-order valence-electron chi connectivity index (χ2n) is 6.50. The van der Waals surface area contributed by atoms with Gasteiger partial charge < -0.3 is 15.8 Å². The molecular weight excluding hydrogens is 354 g/mol. The van der Waals surface area contributed by atoms with Crippen LogP contribution in [0.15, 0.2) is 65.9 Å². The van der Waals surface area contributed by atoms with Crippen LogP contribution in [0.25, 0.3) is 11.4 Å². The Morgan fingerprint density at radius 3 is 2.54 bits per heavy atom. The van der Waals surface area contributed by atoms with E-state index < -0.39 is 11.9 Å². The first kappa shape index (κ1) is 17.8. The Morgan fingerprint density at radius 2 is 1.89 bits per heavy atom. The first-order chi connectivity index (χ1) is 13.6. The summed E-state index contributed by atoms with van der Waals surface area (Å²) in [5, 5.41) is 7.84. The molecule has 1 aromatic heterocycles. The standard InChI is InChI=1S/C21H21N5O2/c1-3-28-16-11-9-15(10-12-16)20-24-21-23-13(2)17(19(22)27)18(26(21)25-20)14-7-5-4-6-8-14/h4-12,18H,3H2,1-2H3,(H2,22,27)(H,23,24,25)/t18-/m1/s1. The molecule has 0 bridgehead atoms. The number of amides is 1. The van der Waals surface area contributed by atoms with Crippen LogP contribution >= 0.6 is 0 Å². The predicted molar refractivity (Wildman–Crippen MR) is 107 cm³/mol. The number of fused-ring (bicyclic) bond motifs is 1. The fourth-order valence-electron chi connectivity index (χ4n) is 3.40. The maximum atomic E-state index is 12.2. The number of nitrogens with two attached hydrogens (primary N) is 1. The van der Waals surface area contributed by atoms with Crippen molar-refractivity contribution >= 4 is 11.9 Å². The summed E-state index contributed by atoms with van der Waals surface area (Å²) in [4.78, 5) is 16.8. The summed E-state index contributed by atoms with van der Waals surface area (Å²) in [5.74, 6) is 1.44. The second-order valence-corrected chi connectivity index (χ2v) is 6.50. The summed E-state index contributed by atoms with van der Waals surface area (Å²) >= 11 is 0. The third-order valence-corrected chi connectivity index (χ3v) is 4.66. The number of rotatable bonds is 5. The molecule has 28 heavy (non-hydrogen) atoms. The first-order valence-electron chi connectivity index (χ1n) is 9.10. The van der Waals surface area contributed by atoms with Crippen molar-refractivity contribution in [3.05, 3.63) is 71.4 Å². The highest BCUT2D eigenvalue weighted by Crippen LogP contribution is 2.36. The number of hydrogen-bond acceptors (Lipinski definition) is 5. The van der Waals surface area contributed by atoms with E-state index in [4.69, 9.17) is 10.5 Å². The Labute approximate surface area is 162 Å². The number of primary amides is 1. The van der Waals surface area contributed by atoms with Gasteiger partial charge in [-0.1, -0.05) is 30.3 Å². The summed E-state index contributed by atoms with van der Waals surface area (Å²) in [6, 6.07) is 16.9. The molecule has 0 radical (unpaired) electrons. The van der Waals surface area contributed by atoms with E-state index in [0.717, 1.165) is 16.9 Å². The van der Waals surface area contributed by atoms with E-state index in [2.05, 4.69) is 15.4 Å². The maximum Gasteiger partial charge on any atom is 0.248 e. The van der Waals surface area contributed by atoms with Crippen LogP contribution in [0.2, 0.25) is 0 Å². The van der Waals surface area contributed by atoms with Gasteiger partial charge in [-0.2, -0.15) is 4.98 Å². The lowest BCUT2D eigenvalue weighted by Crippen LogP contribution is -2.31. The van der Waals surface area contributed by atoms with Crippen molar-refractivity contribution in [3.63, 3.8) is 0 Å². The predicted octanol–water partition coefficient (Wildman–Crippen LogP) is 3.12. The van der Waals surface area contributed by atoms with Crippen LogP contribution in [-0.2, 0) is 4.79 Å². The maximum absolute atomic E-state index is 12.2. The molecule has 142 valence electrons. The lowest BCUT2D eigenvalue weighted by Gasteiger charge is -2.27. The second kappa shape index (κ2) is 7.19. The molecule has 1 atom stereocenters. The average molecular weight is 375 g/mol. The third kappa shape index (κ3) is 3.11. The van der Waals surface area contributed by atoms with Crippen LogP contribution in [0.1, 0.15) is 25.5 Å². The molecule has 1 aliphatic heterocycles. The molecule has 3 N–H and O–H groups in total. The highest BCUT2D eigenvalue weighted by Gasteiger charge is 2.33. The summed E-state index contributed by atoms with van der Waals surface area (Å²) in [6.07, 6.45) is 0. The number of hydrogen-bond donors (Lipinski definition) is 2. The van der Waals surface area contributed by atoms with E-state index in [1.54, 1.807) is 4.68 Å². The number of aromatic nitrogens is 3. The molecule has 0 spiro atoms. The quantitative estimate of drug-likeness (QED) is 0.714. The number of benzene rings is 2. The van der Waals surface area contributed by atoms with Crippen LogP contribution in [0, 0.1) is 0 Å². The van der Waals surface area contributed by atoms with E-state index >= 15 is 0 Å². The van der Waals surface area contributed by atoms with E-state index in [-0.39, 0.29) is 0 Å². The minimum atomic E-state index is -0.484. The van der Waals surface area contributed by atoms with Gasteiger partial charge in [0.25, 0.3) is 0 Å². The van der Waals surface area contributed by atoms with E-state index in [1.165, 1.54) is 0 Å². The molecule has 0 saturated carbocycles. The van der Waals surface area contributed by atoms with Gasteiger partial charge in [0.1, 0.15) is 11.8 Å². The molecule has 2 aromatic carbocycles. The fraction of sp³-hybridized carbons (Fsp3) is 0.190. The van der Waals surface area contributed by atoms with Crippen molar-refractivity contribution in [3.8, 4) is 17.1 Å². The van der Waals surface area contributed by atoms with Gasteiger partial charge in [-0.3, -0.25) is 4.79 Å². The van der Waals surface area contributed by atoms with E-state index in [9.17, 15) is 4.79 Å². The molecule has 0 aliphatic carbocycles. The number of carbonyl (C=O) groups is 1. The van der Waals surface area contributed by atoms with Crippen LogP contribution in [0.4, 0.5) is 5.95 Å². The van der Waals surface area contributed by atoms with Crippen molar-refractivity contribution < 1.29 is 9.53 Å². The molecule has 1 amide bonds. The lowest BCUT2D eigenvalue weighted by atomic mass is 9.95. The molecule has 7 nitrogen and oxygen atoms in total. The summed E-state index contributed by atoms with van der Waals surface area (Å²) in [6.45, 7) is 4.38. The highest BCUT2D eigenvalue weighted by atomic mass is 16.5. The molecule has 0 saturated heterocycles. The van der Waals surface area contributed by atoms with Gasteiger partial charge in [0.2, 0.25) is 11.9 Å². The summed E-state index contributed by atoms with van der Waals surface area (Å²) < 4.78 is 7.21. The molecule has 1 aliphatic rings. The number of anilines is 1. The minimum Gasteiger partial charge on any atom is -0.494 e. The van der Waals surface area contributed by atoms with Crippen LogP contribution in [0.3, 0.4) is 0 Å². The number of nitrogens with zero attached hydrogens (tertiary/aromatic N) is 3. The molecule has 7 heteroatoms. The molecule has 0 fully saturated rings. The zero-order valence-corrected chi connectivity index (χ0v) is 15.7. The van der Waals surface area contributed by atoms with Gasteiger partial charge in [0.15, 0.2) is 5.82 Å². The largest absolute Gasteiger partial charge is 0.494 e. The number of nitrogens with one attached hydrogen (secondary N) is 1. The smallest absolute Gasteiger partial charge is 0.248 e. The molecule has 4 rings (SSSR count). The zero-order valence-electron chi connectivity index (χ0n) is 15.7. The summed E-state index contributed by atoms with van der Waals surface area (Å²) in [7, 11) is 0. The van der Waals surface area contributed by atoms with Crippen molar-refractivity contribution in [2.75, 3.05) is 11.9 Å². The third-order valence-electron chi connectivity index (χ3n) is 4.66. The Hall–Kier alpha value is -3.61. The van der Waals surface area contributed by atoms with Crippen molar-refractivity contribution in [1.29, 1.82) is 0 Å². The average Bonchev–Trinajstić information content (AvgIpc) is 3.11. The zero-order chi connectivity index (χ0) is 19.7. The SMILES string of the molecule is CCOc1ccc(-c2nc3n(n2)[C@H](c2ccccc2)C(C(N)=O)=C(C)N3)cc1. The summed E-state index contributed by atoms with van der Waals surface area (Å²) in [5.41, 5.74) is 8.62. The van der Waals surface area contributed by atoms with Crippen molar-refractivity contribution in [2.24, 2.45) is 5.73 Å². The molecule has 2 heterocycles. The van der Waals surface area contributed by atoms with Gasteiger partial charge in [-0.05, 0) is 43.7 Å². The van der Waals surface area contributed by atoms with Gasteiger partial charge in [0, 0.05) is 11.3 Å². The van der Waals surface area contributed by atoms with E-state index in [1.807, 2.05) is 68.4 Å². The Bertz CT molecular complexity index is 1040. The normalized spacial score (nSPS) is 15.7. The van der Waals surface area contributed by atoms with Gasteiger partial charge in [-0.15, -0.1) is 5.10 Å².